The largest absolute Gasteiger partial charge is 0.308 e. The number of benzene rings is 7. The van der Waals surface area contributed by atoms with E-state index in [0.717, 1.165) is 56.0 Å². The fourth-order valence-electron chi connectivity index (χ4n) is 9.49. The van der Waals surface area contributed by atoms with E-state index in [1.165, 1.54) is 66.3 Å². The van der Waals surface area contributed by atoms with Gasteiger partial charge in [-0.2, -0.15) is 0 Å². The summed E-state index contributed by atoms with van der Waals surface area (Å²) in [6, 6.07) is 47.6. The van der Waals surface area contributed by atoms with Crippen LogP contribution >= 0.6 is 0 Å². The van der Waals surface area contributed by atoms with Crippen LogP contribution in [0.15, 0.2) is 140 Å². The van der Waals surface area contributed by atoms with Gasteiger partial charge in [-0.25, -0.2) is 24.9 Å². The summed E-state index contributed by atoms with van der Waals surface area (Å²) >= 11 is 0. The van der Waals surface area contributed by atoms with Crippen molar-refractivity contribution in [3.8, 4) is 73.8 Å². The Morgan fingerprint density at radius 3 is 1.09 bits per heavy atom. The highest BCUT2D eigenvalue weighted by Gasteiger charge is 2.28. The summed E-state index contributed by atoms with van der Waals surface area (Å²) in [6.45, 7) is 20.4. The molecule has 0 N–H and O–H groups in total. The van der Waals surface area contributed by atoms with Gasteiger partial charge >= 0.3 is 0 Å². The fourth-order valence-corrected chi connectivity index (χ4v) is 9.49. The minimum atomic E-state index is 0.571. The number of nitrogens with zero attached hydrogens (tertiary/aromatic N) is 6. The summed E-state index contributed by atoms with van der Waals surface area (Å²) < 4.78 is 2.54. The smallest absolute Gasteiger partial charge is 0.166 e. The third-order valence-corrected chi connectivity index (χ3v) is 13.6. The van der Waals surface area contributed by atoms with Gasteiger partial charge in [0.1, 0.15) is 0 Å². The topological polar surface area (TPSA) is 69.4 Å². The average Bonchev–Trinajstić information content (AvgIpc) is 3.70. The SMILES string of the molecule is Cc1cc(-c2nc(-c3ccccc3)cc(-c3ccccc3)n2)cc(-c2nc(-c3ccccc3)nc(-c3ccccc3)n2)c1-n1c2c(C)c(C)c(C)c(C)c2c2c(C)c(C)c(C)c(C)c21. The number of aryl methyl sites for hydroxylation is 5. The van der Waals surface area contributed by atoms with E-state index in [1.54, 1.807) is 0 Å². The van der Waals surface area contributed by atoms with Crippen LogP contribution < -0.4 is 0 Å². The molecule has 3 heterocycles. The third-order valence-electron chi connectivity index (χ3n) is 13.6. The summed E-state index contributed by atoms with van der Waals surface area (Å²) in [4.78, 5) is 26.6. The third kappa shape index (κ3) is 6.69. The standard InChI is InChI=1S/C58H50N6/c1-33-30-46(57-59-48(42-22-14-10-15-23-42)32-49(60-57)43-24-16-11-17-25-43)31-47(58-62-55(44-26-18-12-19-27-44)61-56(63-58)45-28-20-13-21-29-45)52(33)64-53-40(8)36(4)34(2)38(6)50(53)51-39(7)35(3)37(5)41(9)54(51)64/h10-32H,1-9H3. The minimum Gasteiger partial charge on any atom is -0.308 e. The maximum Gasteiger partial charge on any atom is 0.166 e. The molecule has 7 aromatic carbocycles. The van der Waals surface area contributed by atoms with Crippen molar-refractivity contribution in [2.24, 2.45) is 0 Å². The van der Waals surface area contributed by atoms with Crippen LogP contribution in [-0.2, 0) is 0 Å². The highest BCUT2D eigenvalue weighted by Crippen LogP contribution is 2.46. The van der Waals surface area contributed by atoms with E-state index in [0.29, 0.717) is 23.3 Å². The molecule has 0 saturated heterocycles. The molecular weight excluding hydrogens is 781 g/mol. The number of fused-ring (bicyclic) bond motifs is 3. The lowest BCUT2D eigenvalue weighted by Crippen LogP contribution is -2.08. The number of hydrogen-bond donors (Lipinski definition) is 0. The molecule has 0 aliphatic rings. The summed E-state index contributed by atoms with van der Waals surface area (Å²) in [5.41, 5.74) is 22.2. The van der Waals surface area contributed by atoms with Gasteiger partial charge in [0.15, 0.2) is 23.3 Å². The molecule has 10 rings (SSSR count). The zero-order valence-corrected chi connectivity index (χ0v) is 38.0. The van der Waals surface area contributed by atoms with Gasteiger partial charge in [-0.05, 0) is 131 Å². The van der Waals surface area contributed by atoms with E-state index in [2.05, 4.69) is 158 Å². The fraction of sp³-hybridized carbons (Fsp3) is 0.155. The second-order valence-electron chi connectivity index (χ2n) is 17.2. The summed E-state index contributed by atoms with van der Waals surface area (Å²) in [5.74, 6) is 2.40. The molecule has 312 valence electrons. The van der Waals surface area contributed by atoms with Crippen molar-refractivity contribution in [2.45, 2.75) is 62.3 Å². The van der Waals surface area contributed by atoms with Crippen molar-refractivity contribution >= 4 is 21.8 Å². The van der Waals surface area contributed by atoms with Crippen LogP contribution in [0.3, 0.4) is 0 Å². The number of aromatic nitrogens is 6. The molecular formula is C58H50N6. The lowest BCUT2D eigenvalue weighted by molar-refractivity contribution is 1.05. The first kappa shape index (κ1) is 40.5. The molecule has 0 amide bonds. The van der Waals surface area contributed by atoms with Crippen LogP contribution in [0.1, 0.15) is 50.1 Å². The van der Waals surface area contributed by atoms with Crippen LogP contribution in [0.5, 0.6) is 0 Å². The molecule has 3 aromatic heterocycles. The molecule has 0 atom stereocenters. The van der Waals surface area contributed by atoms with Crippen LogP contribution in [0, 0.1) is 62.3 Å². The van der Waals surface area contributed by atoms with Gasteiger partial charge in [0.2, 0.25) is 0 Å². The zero-order chi connectivity index (χ0) is 44.4. The first-order valence-electron chi connectivity index (χ1n) is 22.0. The highest BCUT2D eigenvalue weighted by molar-refractivity contribution is 6.16. The van der Waals surface area contributed by atoms with Crippen molar-refractivity contribution in [1.29, 1.82) is 0 Å². The molecule has 0 bridgehead atoms. The summed E-state index contributed by atoms with van der Waals surface area (Å²) in [5, 5.41) is 2.59. The quantitative estimate of drug-likeness (QED) is 0.160. The first-order chi connectivity index (χ1) is 31.0. The van der Waals surface area contributed by atoms with Gasteiger partial charge < -0.3 is 4.57 Å². The van der Waals surface area contributed by atoms with Crippen molar-refractivity contribution in [2.75, 3.05) is 0 Å². The van der Waals surface area contributed by atoms with E-state index in [9.17, 15) is 0 Å². The Balaban J connectivity index is 1.37. The summed E-state index contributed by atoms with van der Waals surface area (Å²) in [6.07, 6.45) is 0. The van der Waals surface area contributed by atoms with E-state index in [4.69, 9.17) is 24.9 Å². The predicted molar refractivity (Wildman–Crippen MR) is 265 cm³/mol. The first-order valence-corrected chi connectivity index (χ1v) is 22.0. The lowest BCUT2D eigenvalue weighted by atomic mass is 9.90. The van der Waals surface area contributed by atoms with Crippen molar-refractivity contribution in [3.63, 3.8) is 0 Å². The molecule has 0 aliphatic carbocycles. The van der Waals surface area contributed by atoms with Gasteiger partial charge in [0, 0.05) is 44.2 Å². The second kappa shape index (κ2) is 16.0. The average molecular weight is 831 g/mol. The van der Waals surface area contributed by atoms with E-state index >= 15 is 0 Å². The molecule has 0 spiro atoms. The maximum absolute atomic E-state index is 5.40. The Kier molecular flexibility index (Phi) is 10.1. The van der Waals surface area contributed by atoms with Crippen LogP contribution in [0.2, 0.25) is 0 Å². The Labute approximate surface area is 375 Å². The Hall–Kier alpha value is -7.57. The second-order valence-corrected chi connectivity index (χ2v) is 17.2. The van der Waals surface area contributed by atoms with Gasteiger partial charge in [-0.1, -0.05) is 121 Å². The monoisotopic (exact) mass is 830 g/mol. The van der Waals surface area contributed by atoms with E-state index < -0.39 is 0 Å². The Morgan fingerprint density at radius 2 is 0.672 bits per heavy atom. The molecule has 0 radical (unpaired) electrons. The molecule has 0 saturated carbocycles. The number of rotatable bonds is 7. The predicted octanol–water partition coefficient (Wildman–Crippen LogP) is 14.5. The maximum atomic E-state index is 5.40. The normalized spacial score (nSPS) is 11.5. The molecule has 0 unspecified atom stereocenters. The van der Waals surface area contributed by atoms with E-state index in [-0.39, 0.29) is 0 Å². The van der Waals surface area contributed by atoms with Crippen molar-refractivity contribution < 1.29 is 0 Å². The molecule has 10 aromatic rings. The van der Waals surface area contributed by atoms with Crippen LogP contribution in [0.4, 0.5) is 0 Å². The minimum absolute atomic E-state index is 0.571. The Morgan fingerprint density at radius 1 is 0.312 bits per heavy atom. The van der Waals surface area contributed by atoms with Crippen molar-refractivity contribution in [3.05, 3.63) is 190 Å². The lowest BCUT2D eigenvalue weighted by Gasteiger charge is -2.21. The van der Waals surface area contributed by atoms with Gasteiger partial charge in [0.25, 0.3) is 0 Å². The van der Waals surface area contributed by atoms with Crippen LogP contribution in [-0.4, -0.2) is 29.5 Å². The van der Waals surface area contributed by atoms with Gasteiger partial charge in [0.05, 0.1) is 28.1 Å². The molecule has 0 aliphatic heterocycles. The van der Waals surface area contributed by atoms with E-state index in [1.807, 2.05) is 48.5 Å². The van der Waals surface area contributed by atoms with Gasteiger partial charge in [-0.3, -0.25) is 0 Å². The molecule has 6 heteroatoms. The van der Waals surface area contributed by atoms with Crippen LogP contribution in [0.25, 0.3) is 95.6 Å². The zero-order valence-electron chi connectivity index (χ0n) is 38.0. The van der Waals surface area contributed by atoms with Crippen molar-refractivity contribution in [1.82, 2.24) is 29.5 Å². The molecule has 64 heavy (non-hydrogen) atoms. The Bertz CT molecular complexity index is 3250. The molecule has 0 fully saturated rings. The summed E-state index contributed by atoms with van der Waals surface area (Å²) in [7, 11) is 0. The molecule has 6 nitrogen and oxygen atoms in total. The highest BCUT2D eigenvalue weighted by atomic mass is 15.1. The van der Waals surface area contributed by atoms with Gasteiger partial charge in [-0.15, -0.1) is 0 Å². The number of hydrogen-bond acceptors (Lipinski definition) is 5.